The number of aromatic nitrogens is 4. The zero-order valence-electron chi connectivity index (χ0n) is 10.6. The molecular formula is C14H13N5O. The summed E-state index contributed by atoms with van der Waals surface area (Å²) < 4.78 is 0. The average Bonchev–Trinajstić information content (AvgIpc) is 3.05. The molecule has 0 amide bonds. The molecule has 20 heavy (non-hydrogen) atoms. The molecule has 0 spiro atoms. The van der Waals surface area contributed by atoms with E-state index in [2.05, 4.69) is 25.3 Å². The number of aliphatic hydroxyl groups is 1. The molecule has 3 aromatic rings. The van der Waals surface area contributed by atoms with E-state index in [9.17, 15) is 5.11 Å². The number of hydrogen-bond acceptors (Lipinski definition) is 5. The summed E-state index contributed by atoms with van der Waals surface area (Å²) in [6.45, 7) is 0. The number of H-pyrrole nitrogens is 1. The first-order valence-electron chi connectivity index (χ1n) is 6.49. The van der Waals surface area contributed by atoms with Crippen LogP contribution < -0.4 is 5.32 Å². The van der Waals surface area contributed by atoms with E-state index >= 15 is 0 Å². The minimum Gasteiger partial charge on any atom is -0.390 e. The van der Waals surface area contributed by atoms with E-state index in [1.54, 1.807) is 6.33 Å². The summed E-state index contributed by atoms with van der Waals surface area (Å²) in [5.41, 5.74) is 3.66. The standard InChI is InChI=1S/C14H13N5O/c20-10-5-8-3-1-2-4-9(8)11(10)19-14-12-13(16-6-15-12)17-7-18-14/h1-4,6-7,10-11,20H,5H2,(H2,15,16,17,18,19)/t10-,11+/m1/s1. The molecule has 100 valence electrons. The highest BCUT2D eigenvalue weighted by Gasteiger charge is 2.31. The number of fused-ring (bicyclic) bond motifs is 2. The summed E-state index contributed by atoms with van der Waals surface area (Å²) >= 11 is 0. The molecule has 6 nitrogen and oxygen atoms in total. The van der Waals surface area contributed by atoms with Crippen molar-refractivity contribution in [3.8, 4) is 0 Å². The molecule has 0 radical (unpaired) electrons. The lowest BCUT2D eigenvalue weighted by atomic mass is 10.1. The minimum absolute atomic E-state index is 0.160. The molecule has 2 aromatic heterocycles. The fourth-order valence-corrected chi connectivity index (χ4v) is 2.77. The molecule has 0 bridgehead atoms. The van der Waals surface area contributed by atoms with Crippen LogP contribution in [0.1, 0.15) is 17.2 Å². The molecule has 2 heterocycles. The smallest absolute Gasteiger partial charge is 0.182 e. The lowest BCUT2D eigenvalue weighted by Crippen LogP contribution is -2.21. The lowest BCUT2D eigenvalue weighted by Gasteiger charge is -2.18. The van der Waals surface area contributed by atoms with Gasteiger partial charge in [-0.2, -0.15) is 0 Å². The number of nitrogens with zero attached hydrogens (tertiary/aromatic N) is 3. The largest absolute Gasteiger partial charge is 0.390 e. The Morgan fingerprint density at radius 1 is 1.20 bits per heavy atom. The van der Waals surface area contributed by atoms with Crippen molar-refractivity contribution in [2.24, 2.45) is 0 Å². The summed E-state index contributed by atoms with van der Waals surface area (Å²) in [5.74, 6) is 0.660. The third-order valence-corrected chi connectivity index (χ3v) is 3.72. The van der Waals surface area contributed by atoms with Gasteiger partial charge in [0.15, 0.2) is 11.5 Å². The predicted molar refractivity (Wildman–Crippen MR) is 74.2 cm³/mol. The average molecular weight is 267 g/mol. The summed E-state index contributed by atoms with van der Waals surface area (Å²) in [5, 5.41) is 13.6. The van der Waals surface area contributed by atoms with Gasteiger partial charge in [-0.3, -0.25) is 0 Å². The van der Waals surface area contributed by atoms with Crippen molar-refractivity contribution in [2.75, 3.05) is 5.32 Å². The summed E-state index contributed by atoms with van der Waals surface area (Å²) in [7, 11) is 0. The van der Waals surface area contributed by atoms with Crippen LogP contribution in [0.3, 0.4) is 0 Å². The van der Waals surface area contributed by atoms with Crippen molar-refractivity contribution < 1.29 is 5.11 Å². The third-order valence-electron chi connectivity index (χ3n) is 3.72. The van der Waals surface area contributed by atoms with Crippen molar-refractivity contribution in [3.05, 3.63) is 48.0 Å². The fraction of sp³-hybridized carbons (Fsp3) is 0.214. The van der Waals surface area contributed by atoms with Crippen LogP contribution in [-0.4, -0.2) is 31.1 Å². The molecule has 0 aliphatic heterocycles. The van der Waals surface area contributed by atoms with Gasteiger partial charge in [0.2, 0.25) is 0 Å². The number of imidazole rings is 1. The molecule has 1 aliphatic carbocycles. The monoisotopic (exact) mass is 267 g/mol. The van der Waals surface area contributed by atoms with E-state index in [1.165, 1.54) is 11.9 Å². The van der Waals surface area contributed by atoms with Gasteiger partial charge in [-0.1, -0.05) is 24.3 Å². The van der Waals surface area contributed by atoms with Crippen LogP contribution in [0.2, 0.25) is 0 Å². The van der Waals surface area contributed by atoms with Gasteiger partial charge in [0.1, 0.15) is 11.8 Å². The Morgan fingerprint density at radius 2 is 2.10 bits per heavy atom. The zero-order valence-corrected chi connectivity index (χ0v) is 10.6. The first kappa shape index (κ1) is 11.4. The van der Waals surface area contributed by atoms with E-state index < -0.39 is 6.10 Å². The van der Waals surface area contributed by atoms with E-state index in [4.69, 9.17) is 0 Å². The van der Waals surface area contributed by atoms with Crippen LogP contribution in [0.15, 0.2) is 36.9 Å². The molecule has 1 aliphatic rings. The van der Waals surface area contributed by atoms with Crippen LogP contribution in [0.4, 0.5) is 5.82 Å². The van der Waals surface area contributed by atoms with Crippen LogP contribution in [0, 0.1) is 0 Å². The molecule has 0 fully saturated rings. The SMILES string of the molecule is O[C@@H]1Cc2ccccc2[C@@H]1Nc1ncnc2nc[nH]c12. The van der Waals surface area contributed by atoms with Gasteiger partial charge in [0.05, 0.1) is 18.5 Å². The van der Waals surface area contributed by atoms with Crippen molar-refractivity contribution in [1.29, 1.82) is 0 Å². The second-order valence-corrected chi connectivity index (χ2v) is 4.92. The van der Waals surface area contributed by atoms with Gasteiger partial charge >= 0.3 is 0 Å². The highest BCUT2D eigenvalue weighted by Crippen LogP contribution is 2.34. The Kier molecular flexibility index (Phi) is 2.43. The minimum atomic E-state index is -0.458. The molecule has 0 saturated heterocycles. The number of aromatic amines is 1. The van der Waals surface area contributed by atoms with Gasteiger partial charge in [0.25, 0.3) is 0 Å². The maximum Gasteiger partial charge on any atom is 0.182 e. The zero-order chi connectivity index (χ0) is 13.5. The van der Waals surface area contributed by atoms with Crippen LogP contribution >= 0.6 is 0 Å². The highest BCUT2D eigenvalue weighted by molar-refractivity contribution is 5.82. The van der Waals surface area contributed by atoms with Gasteiger partial charge in [-0.25, -0.2) is 15.0 Å². The van der Waals surface area contributed by atoms with Crippen molar-refractivity contribution in [3.63, 3.8) is 0 Å². The summed E-state index contributed by atoms with van der Waals surface area (Å²) in [6.07, 6.45) is 3.26. The first-order chi connectivity index (χ1) is 9.83. The molecule has 0 saturated carbocycles. The first-order valence-corrected chi connectivity index (χ1v) is 6.49. The lowest BCUT2D eigenvalue weighted by molar-refractivity contribution is 0.165. The predicted octanol–water partition coefficient (Wildman–Crippen LogP) is 1.42. The number of anilines is 1. The molecule has 6 heteroatoms. The third kappa shape index (κ3) is 1.65. The van der Waals surface area contributed by atoms with E-state index in [1.807, 2.05) is 24.3 Å². The van der Waals surface area contributed by atoms with Gasteiger partial charge in [-0.05, 0) is 11.1 Å². The van der Waals surface area contributed by atoms with Crippen LogP contribution in [-0.2, 0) is 6.42 Å². The summed E-state index contributed by atoms with van der Waals surface area (Å²) in [6, 6.07) is 7.90. The Bertz CT molecular complexity index is 769. The van der Waals surface area contributed by atoms with Gasteiger partial charge in [0, 0.05) is 6.42 Å². The normalized spacial score (nSPS) is 21.1. The molecule has 4 rings (SSSR count). The maximum absolute atomic E-state index is 10.3. The number of nitrogens with one attached hydrogen (secondary N) is 2. The molecule has 0 unspecified atom stereocenters. The second kappa shape index (κ2) is 4.28. The number of aliphatic hydroxyl groups excluding tert-OH is 1. The molecular weight excluding hydrogens is 254 g/mol. The highest BCUT2D eigenvalue weighted by atomic mass is 16.3. The van der Waals surface area contributed by atoms with Crippen molar-refractivity contribution in [1.82, 2.24) is 19.9 Å². The second-order valence-electron chi connectivity index (χ2n) is 4.92. The molecule has 3 N–H and O–H groups in total. The van der Waals surface area contributed by atoms with Crippen molar-refractivity contribution >= 4 is 17.0 Å². The van der Waals surface area contributed by atoms with Crippen molar-refractivity contribution in [2.45, 2.75) is 18.6 Å². The quantitative estimate of drug-likeness (QED) is 0.653. The maximum atomic E-state index is 10.3. The van der Waals surface area contributed by atoms with Crippen LogP contribution in [0.25, 0.3) is 11.2 Å². The van der Waals surface area contributed by atoms with Crippen LogP contribution in [0.5, 0.6) is 0 Å². The Morgan fingerprint density at radius 3 is 3.05 bits per heavy atom. The number of hydrogen-bond donors (Lipinski definition) is 3. The fourth-order valence-electron chi connectivity index (χ4n) is 2.77. The summed E-state index contributed by atoms with van der Waals surface area (Å²) in [4.78, 5) is 15.5. The Hall–Kier alpha value is -2.47. The molecule has 2 atom stereocenters. The Labute approximate surface area is 114 Å². The number of benzene rings is 1. The molecule has 1 aromatic carbocycles. The van der Waals surface area contributed by atoms with E-state index in [0.29, 0.717) is 17.9 Å². The Balaban J connectivity index is 1.74. The van der Waals surface area contributed by atoms with E-state index in [0.717, 1.165) is 11.1 Å². The number of rotatable bonds is 2. The van der Waals surface area contributed by atoms with E-state index in [-0.39, 0.29) is 6.04 Å². The van der Waals surface area contributed by atoms with Gasteiger partial charge in [-0.15, -0.1) is 0 Å². The van der Waals surface area contributed by atoms with Gasteiger partial charge < -0.3 is 15.4 Å². The topological polar surface area (TPSA) is 86.7 Å².